The summed E-state index contributed by atoms with van der Waals surface area (Å²) in [6.07, 6.45) is 3.51. The first-order chi connectivity index (χ1) is 15.9. The molecule has 0 saturated carbocycles. The van der Waals surface area contributed by atoms with E-state index in [0.717, 1.165) is 35.1 Å². The maximum Gasteiger partial charge on any atom is 0.338 e. The molecule has 174 valence electrons. The fourth-order valence-electron chi connectivity index (χ4n) is 4.06. The molecule has 1 aromatic carbocycles. The molecule has 0 amide bonds. The molecule has 0 bridgehead atoms. The number of ether oxygens (including phenoxy) is 1. The summed E-state index contributed by atoms with van der Waals surface area (Å²) in [6.45, 7) is 5.95. The predicted octanol–water partition coefficient (Wildman–Crippen LogP) is 5.11. The van der Waals surface area contributed by atoms with Gasteiger partial charge in [0.15, 0.2) is 10.8 Å². The lowest BCUT2D eigenvalue weighted by atomic mass is 9.93. The summed E-state index contributed by atoms with van der Waals surface area (Å²) in [6, 6.07) is 3.76. The third-order valence-electron chi connectivity index (χ3n) is 5.54. The lowest BCUT2D eigenvalue weighted by Gasteiger charge is -2.43. The monoisotopic (exact) mass is 550 g/mol. The van der Waals surface area contributed by atoms with Gasteiger partial charge in [-0.2, -0.15) is 0 Å². The van der Waals surface area contributed by atoms with E-state index in [1.54, 1.807) is 19.2 Å². The predicted molar refractivity (Wildman–Crippen MR) is 135 cm³/mol. The minimum Gasteiger partial charge on any atom is -0.463 e. The third-order valence-corrected chi connectivity index (χ3v) is 7.46. The fourth-order valence-corrected chi connectivity index (χ4v) is 5.62. The lowest BCUT2D eigenvalue weighted by Crippen LogP contribution is -2.51. The number of aromatic nitrogens is 1. The van der Waals surface area contributed by atoms with Crippen LogP contribution in [-0.4, -0.2) is 57.8 Å². The number of aliphatic imine (C=N–C) groups is 1. The van der Waals surface area contributed by atoms with Crippen LogP contribution in [0.1, 0.15) is 43.3 Å². The molecular formula is C23H24BrFN4O2S2. The van der Waals surface area contributed by atoms with Gasteiger partial charge in [-0.05, 0) is 37.5 Å². The zero-order chi connectivity index (χ0) is 23.5. The van der Waals surface area contributed by atoms with E-state index in [9.17, 15) is 9.18 Å². The minimum absolute atomic E-state index is 0.244. The maximum atomic E-state index is 13.9. The third kappa shape index (κ3) is 4.88. The van der Waals surface area contributed by atoms with E-state index in [1.807, 2.05) is 5.38 Å². The normalized spacial score (nSPS) is 18.2. The molecule has 1 atom stereocenters. The summed E-state index contributed by atoms with van der Waals surface area (Å²) in [5.41, 5.74) is 1.95. The van der Waals surface area contributed by atoms with Gasteiger partial charge in [-0.25, -0.2) is 14.2 Å². The first kappa shape index (κ1) is 24.0. The van der Waals surface area contributed by atoms with E-state index in [4.69, 9.17) is 21.9 Å². The molecule has 0 unspecified atom stereocenters. The lowest BCUT2D eigenvalue weighted by molar-refractivity contribution is -0.139. The summed E-state index contributed by atoms with van der Waals surface area (Å²) < 4.78 is 19.9. The Balaban J connectivity index is 1.88. The number of rotatable bonds is 6. The molecule has 4 rings (SSSR count). The van der Waals surface area contributed by atoms with E-state index in [1.165, 1.54) is 23.5 Å². The van der Waals surface area contributed by atoms with Crippen LogP contribution in [0.15, 0.2) is 50.5 Å². The van der Waals surface area contributed by atoms with Crippen molar-refractivity contribution in [1.82, 2.24) is 14.8 Å². The molecule has 33 heavy (non-hydrogen) atoms. The zero-order valence-electron chi connectivity index (χ0n) is 18.4. The Hall–Kier alpha value is -2.17. The smallest absolute Gasteiger partial charge is 0.338 e. The van der Waals surface area contributed by atoms with Crippen molar-refractivity contribution < 1.29 is 13.9 Å². The SMILES string of the molecule is CCCC(=S)N1CCN2C(c3nccs3)=N[C@@H](c3ccc(F)cc3Br)C(C(=O)OCC)=C2C1. The van der Waals surface area contributed by atoms with Crippen LogP contribution in [0.25, 0.3) is 0 Å². The van der Waals surface area contributed by atoms with E-state index in [0.29, 0.717) is 34.5 Å². The molecule has 10 heteroatoms. The number of hydrogen-bond acceptors (Lipinski definition) is 7. The summed E-state index contributed by atoms with van der Waals surface area (Å²) in [4.78, 5) is 27.8. The average Bonchev–Trinajstić information content (AvgIpc) is 3.33. The number of amidine groups is 1. The quantitative estimate of drug-likeness (QED) is 0.368. The van der Waals surface area contributed by atoms with Crippen molar-refractivity contribution in [2.75, 3.05) is 26.2 Å². The van der Waals surface area contributed by atoms with Gasteiger partial charge in [0.1, 0.15) is 11.9 Å². The second-order valence-corrected chi connectivity index (χ2v) is 9.88. The second-order valence-electron chi connectivity index (χ2n) is 7.66. The highest BCUT2D eigenvalue weighted by atomic mass is 79.9. The standard InChI is InChI=1S/C23H24BrFN4O2S2/c1-3-5-18(32)28-9-10-29-17(13-28)19(23(30)31-4-2)20(15-7-6-14(25)12-16(15)24)27-21(29)22-26-8-11-33-22/h6-8,11-12,20H,3-5,9-10,13H2,1-2H3/t20-/m0/s1. The Bertz CT molecular complexity index is 1120. The van der Waals surface area contributed by atoms with Gasteiger partial charge in [-0.1, -0.05) is 41.1 Å². The highest BCUT2D eigenvalue weighted by molar-refractivity contribution is 9.10. The van der Waals surface area contributed by atoms with Crippen molar-refractivity contribution in [2.24, 2.45) is 4.99 Å². The molecule has 1 aromatic heterocycles. The Morgan fingerprint density at radius 3 is 2.85 bits per heavy atom. The van der Waals surface area contributed by atoms with Crippen LogP contribution < -0.4 is 0 Å². The van der Waals surface area contributed by atoms with Gasteiger partial charge in [0.05, 0.1) is 29.4 Å². The van der Waals surface area contributed by atoms with Gasteiger partial charge in [0.2, 0.25) is 0 Å². The average molecular weight is 552 g/mol. The van der Waals surface area contributed by atoms with Gasteiger partial charge < -0.3 is 14.5 Å². The van der Waals surface area contributed by atoms with Crippen LogP contribution in [0.5, 0.6) is 0 Å². The molecular weight excluding hydrogens is 527 g/mol. The van der Waals surface area contributed by atoms with Crippen molar-refractivity contribution >= 4 is 56.3 Å². The number of hydrogen-bond donors (Lipinski definition) is 0. The fraction of sp³-hybridized carbons (Fsp3) is 0.391. The number of halogens is 2. The molecule has 0 aliphatic carbocycles. The molecule has 6 nitrogen and oxygen atoms in total. The van der Waals surface area contributed by atoms with Crippen LogP contribution in [0, 0.1) is 5.82 Å². The summed E-state index contributed by atoms with van der Waals surface area (Å²) in [5.74, 6) is -0.0921. The van der Waals surface area contributed by atoms with Gasteiger partial charge >= 0.3 is 5.97 Å². The number of piperazine rings is 1. The van der Waals surface area contributed by atoms with Crippen molar-refractivity contribution in [3.63, 3.8) is 0 Å². The van der Waals surface area contributed by atoms with Gasteiger partial charge in [0, 0.05) is 29.1 Å². The van der Waals surface area contributed by atoms with Crippen molar-refractivity contribution in [3.8, 4) is 0 Å². The van der Waals surface area contributed by atoms with Crippen LogP contribution >= 0.6 is 39.5 Å². The van der Waals surface area contributed by atoms with E-state index in [-0.39, 0.29) is 12.4 Å². The van der Waals surface area contributed by atoms with E-state index < -0.39 is 12.0 Å². The van der Waals surface area contributed by atoms with E-state index in [2.05, 4.69) is 37.6 Å². The molecule has 0 spiro atoms. The van der Waals surface area contributed by atoms with Crippen LogP contribution in [0.3, 0.4) is 0 Å². The molecule has 1 saturated heterocycles. The molecule has 2 aliphatic rings. The minimum atomic E-state index is -0.663. The maximum absolute atomic E-state index is 13.9. The van der Waals surface area contributed by atoms with E-state index >= 15 is 0 Å². The summed E-state index contributed by atoms with van der Waals surface area (Å²) in [7, 11) is 0. The first-order valence-corrected chi connectivity index (χ1v) is 12.9. The Labute approximate surface area is 210 Å². The number of nitrogens with zero attached hydrogens (tertiary/aromatic N) is 4. The highest BCUT2D eigenvalue weighted by Gasteiger charge is 2.40. The van der Waals surface area contributed by atoms with Crippen molar-refractivity contribution in [2.45, 2.75) is 32.7 Å². The number of esters is 1. The van der Waals surface area contributed by atoms with Crippen molar-refractivity contribution in [3.05, 3.63) is 61.9 Å². The number of thiazole rings is 1. The second kappa shape index (κ2) is 10.4. The number of carbonyl (C=O) groups is 1. The number of benzene rings is 1. The molecule has 2 aliphatic heterocycles. The Morgan fingerprint density at radius 2 is 2.18 bits per heavy atom. The van der Waals surface area contributed by atoms with Gasteiger partial charge in [-0.3, -0.25) is 4.99 Å². The van der Waals surface area contributed by atoms with Crippen LogP contribution in [0.4, 0.5) is 4.39 Å². The van der Waals surface area contributed by atoms with Crippen LogP contribution in [-0.2, 0) is 9.53 Å². The summed E-state index contributed by atoms with van der Waals surface area (Å²) in [5, 5.41) is 2.67. The highest BCUT2D eigenvalue weighted by Crippen LogP contribution is 2.40. The number of fused-ring (bicyclic) bond motifs is 1. The molecule has 3 heterocycles. The zero-order valence-corrected chi connectivity index (χ0v) is 21.6. The largest absolute Gasteiger partial charge is 0.463 e. The molecule has 0 N–H and O–H groups in total. The molecule has 0 radical (unpaired) electrons. The summed E-state index contributed by atoms with van der Waals surface area (Å²) >= 11 is 10.6. The number of thiocarbonyl (C=S) groups is 1. The molecule has 2 aromatic rings. The van der Waals surface area contributed by atoms with Crippen molar-refractivity contribution in [1.29, 1.82) is 0 Å². The Kier molecular flexibility index (Phi) is 7.55. The van der Waals surface area contributed by atoms with Crippen LogP contribution in [0.2, 0.25) is 0 Å². The topological polar surface area (TPSA) is 58.0 Å². The number of carbonyl (C=O) groups excluding carboxylic acids is 1. The Morgan fingerprint density at radius 1 is 1.36 bits per heavy atom. The molecule has 1 fully saturated rings. The van der Waals surface area contributed by atoms with Gasteiger partial charge in [-0.15, -0.1) is 11.3 Å². The van der Waals surface area contributed by atoms with Gasteiger partial charge in [0.25, 0.3) is 0 Å². The first-order valence-electron chi connectivity index (χ1n) is 10.8.